The lowest BCUT2D eigenvalue weighted by atomic mass is 10.00. The number of nitrogens with zero attached hydrogens (tertiary/aromatic N) is 1. The summed E-state index contributed by atoms with van der Waals surface area (Å²) in [5.74, 6) is 0.825. The lowest BCUT2D eigenvalue weighted by Crippen LogP contribution is -2.29. The highest BCUT2D eigenvalue weighted by Gasteiger charge is 2.27. The van der Waals surface area contributed by atoms with Crippen LogP contribution in [0.3, 0.4) is 0 Å². The van der Waals surface area contributed by atoms with Gasteiger partial charge in [-0.05, 0) is 38.0 Å². The molecule has 1 heterocycles. The fraction of sp³-hybridized carbons (Fsp3) is 0.533. The number of carbonyl (C=O) groups is 1. The van der Waals surface area contributed by atoms with Crippen molar-refractivity contribution in [2.45, 2.75) is 46.1 Å². The molecule has 1 aromatic carbocycles. The normalized spacial score (nSPS) is 18.6. The Kier molecular flexibility index (Phi) is 3.23. The minimum Gasteiger partial charge on any atom is -0.368 e. The predicted molar refractivity (Wildman–Crippen MR) is 71.7 cm³/mol. The molecule has 0 aliphatic carbocycles. The Labute approximate surface area is 104 Å². The van der Waals surface area contributed by atoms with Crippen LogP contribution in [-0.2, 0) is 11.2 Å². The van der Waals surface area contributed by atoms with Crippen LogP contribution in [0.15, 0.2) is 18.2 Å². The van der Waals surface area contributed by atoms with E-state index in [2.05, 4.69) is 43.9 Å². The van der Waals surface area contributed by atoms with E-state index in [9.17, 15) is 4.79 Å². The van der Waals surface area contributed by atoms with E-state index >= 15 is 0 Å². The number of fused-ring (bicyclic) bond motifs is 1. The summed E-state index contributed by atoms with van der Waals surface area (Å²) in [6, 6.07) is 7.01. The number of hydrogen-bond donors (Lipinski definition) is 0. The highest BCUT2D eigenvalue weighted by atomic mass is 16.1. The summed E-state index contributed by atoms with van der Waals surface area (Å²) in [6.07, 6.45) is 0.549. The van der Waals surface area contributed by atoms with Crippen LogP contribution in [0, 0.1) is 0 Å². The molecular formula is C15H21NO. The first kappa shape index (κ1) is 12.2. The maximum Gasteiger partial charge on any atom is 0.134 e. The van der Waals surface area contributed by atoms with E-state index in [0.29, 0.717) is 18.4 Å². The standard InChI is InChI=1S/C15H21NO/c1-10(2)16-9-11(3)14-6-5-13(7-12(4)17)8-15(14)16/h5-6,8,10-11H,7,9H2,1-4H3. The van der Waals surface area contributed by atoms with Crippen LogP contribution in [0.5, 0.6) is 0 Å². The van der Waals surface area contributed by atoms with Crippen molar-refractivity contribution in [2.24, 2.45) is 0 Å². The zero-order valence-electron chi connectivity index (χ0n) is 11.2. The van der Waals surface area contributed by atoms with Gasteiger partial charge in [-0.2, -0.15) is 0 Å². The Bertz CT molecular complexity index is 437. The number of Topliss-reactive ketones (excluding diaryl/α,β-unsaturated/α-hetero) is 1. The molecule has 17 heavy (non-hydrogen) atoms. The minimum absolute atomic E-state index is 0.229. The first-order valence-corrected chi connectivity index (χ1v) is 6.38. The Morgan fingerprint density at radius 2 is 2.18 bits per heavy atom. The second-order valence-corrected chi connectivity index (χ2v) is 5.42. The summed E-state index contributed by atoms with van der Waals surface area (Å²) in [5, 5.41) is 0. The van der Waals surface area contributed by atoms with Crippen LogP contribution >= 0.6 is 0 Å². The van der Waals surface area contributed by atoms with E-state index in [1.807, 2.05) is 0 Å². The maximum atomic E-state index is 11.2. The third-order valence-electron chi connectivity index (χ3n) is 3.48. The quantitative estimate of drug-likeness (QED) is 0.796. The molecule has 0 bridgehead atoms. The molecule has 1 aliphatic rings. The van der Waals surface area contributed by atoms with Gasteiger partial charge in [0.05, 0.1) is 0 Å². The molecular weight excluding hydrogens is 210 g/mol. The SMILES string of the molecule is CC(=O)Cc1ccc2c(c1)N(C(C)C)CC2C. The highest BCUT2D eigenvalue weighted by molar-refractivity contribution is 5.79. The first-order valence-electron chi connectivity index (χ1n) is 6.38. The summed E-state index contributed by atoms with van der Waals surface area (Å²) in [4.78, 5) is 13.6. The number of rotatable bonds is 3. The number of anilines is 1. The van der Waals surface area contributed by atoms with Gasteiger partial charge in [-0.1, -0.05) is 19.1 Å². The Morgan fingerprint density at radius 3 is 2.76 bits per heavy atom. The van der Waals surface area contributed by atoms with Crippen LogP contribution < -0.4 is 4.90 Å². The molecule has 1 atom stereocenters. The molecule has 0 N–H and O–H groups in total. The summed E-state index contributed by atoms with van der Waals surface area (Å²) in [5.41, 5.74) is 3.88. The van der Waals surface area contributed by atoms with Crippen molar-refractivity contribution in [1.29, 1.82) is 0 Å². The third kappa shape index (κ3) is 2.36. The lowest BCUT2D eigenvalue weighted by molar-refractivity contribution is -0.116. The van der Waals surface area contributed by atoms with Crippen LogP contribution in [0.1, 0.15) is 44.7 Å². The van der Waals surface area contributed by atoms with Crippen LogP contribution in [0.4, 0.5) is 5.69 Å². The van der Waals surface area contributed by atoms with Crippen LogP contribution in [0.25, 0.3) is 0 Å². The molecule has 0 saturated carbocycles. The Balaban J connectivity index is 2.36. The minimum atomic E-state index is 0.229. The third-order valence-corrected chi connectivity index (χ3v) is 3.48. The number of ketones is 1. The van der Waals surface area contributed by atoms with Gasteiger partial charge >= 0.3 is 0 Å². The van der Waals surface area contributed by atoms with Gasteiger partial charge in [-0.25, -0.2) is 0 Å². The zero-order valence-corrected chi connectivity index (χ0v) is 11.2. The molecule has 0 amide bonds. The van der Waals surface area contributed by atoms with Gasteiger partial charge in [0.25, 0.3) is 0 Å². The zero-order chi connectivity index (χ0) is 12.6. The van der Waals surface area contributed by atoms with Gasteiger partial charge in [0.1, 0.15) is 5.78 Å². The monoisotopic (exact) mass is 231 g/mol. The van der Waals surface area contributed by atoms with Gasteiger partial charge in [0.15, 0.2) is 0 Å². The lowest BCUT2D eigenvalue weighted by Gasteiger charge is -2.24. The van der Waals surface area contributed by atoms with Crippen molar-refractivity contribution in [3.63, 3.8) is 0 Å². The van der Waals surface area contributed by atoms with Crippen LogP contribution in [0.2, 0.25) is 0 Å². The molecule has 2 rings (SSSR count). The van der Waals surface area contributed by atoms with E-state index in [1.165, 1.54) is 11.3 Å². The van der Waals surface area contributed by atoms with E-state index in [-0.39, 0.29) is 5.78 Å². The molecule has 1 unspecified atom stereocenters. The molecule has 1 aromatic rings. The first-order chi connectivity index (χ1) is 7.99. The Morgan fingerprint density at radius 1 is 1.47 bits per heavy atom. The van der Waals surface area contributed by atoms with Gasteiger partial charge < -0.3 is 4.90 Å². The molecule has 2 heteroatoms. The second kappa shape index (κ2) is 4.52. The van der Waals surface area contributed by atoms with E-state index < -0.39 is 0 Å². The number of carbonyl (C=O) groups excluding carboxylic acids is 1. The fourth-order valence-corrected chi connectivity index (χ4v) is 2.63. The molecule has 0 fully saturated rings. The molecule has 1 aliphatic heterocycles. The molecule has 2 nitrogen and oxygen atoms in total. The molecule has 0 radical (unpaired) electrons. The average Bonchev–Trinajstić information content (AvgIpc) is 2.55. The largest absolute Gasteiger partial charge is 0.368 e. The molecule has 0 spiro atoms. The van der Waals surface area contributed by atoms with Gasteiger partial charge in [0, 0.05) is 30.6 Å². The predicted octanol–water partition coefficient (Wildman–Crippen LogP) is 3.15. The fourth-order valence-electron chi connectivity index (χ4n) is 2.63. The van der Waals surface area contributed by atoms with Crippen molar-refractivity contribution in [3.05, 3.63) is 29.3 Å². The van der Waals surface area contributed by atoms with Crippen LogP contribution in [-0.4, -0.2) is 18.4 Å². The van der Waals surface area contributed by atoms with E-state index in [4.69, 9.17) is 0 Å². The molecule has 92 valence electrons. The summed E-state index contributed by atoms with van der Waals surface area (Å²) >= 11 is 0. The second-order valence-electron chi connectivity index (χ2n) is 5.42. The highest BCUT2D eigenvalue weighted by Crippen LogP contribution is 2.37. The van der Waals surface area contributed by atoms with E-state index in [1.54, 1.807) is 6.92 Å². The summed E-state index contributed by atoms with van der Waals surface area (Å²) in [6.45, 7) is 9.46. The summed E-state index contributed by atoms with van der Waals surface area (Å²) in [7, 11) is 0. The average molecular weight is 231 g/mol. The van der Waals surface area contributed by atoms with Gasteiger partial charge in [-0.15, -0.1) is 0 Å². The molecule has 0 saturated heterocycles. The molecule has 0 aromatic heterocycles. The van der Waals surface area contributed by atoms with Gasteiger partial charge in [0.2, 0.25) is 0 Å². The number of hydrogen-bond acceptors (Lipinski definition) is 2. The van der Waals surface area contributed by atoms with Crippen molar-refractivity contribution in [3.8, 4) is 0 Å². The Hall–Kier alpha value is -1.31. The van der Waals surface area contributed by atoms with Crippen molar-refractivity contribution in [1.82, 2.24) is 0 Å². The van der Waals surface area contributed by atoms with Crippen molar-refractivity contribution >= 4 is 11.5 Å². The van der Waals surface area contributed by atoms with Crippen molar-refractivity contribution < 1.29 is 4.79 Å². The maximum absolute atomic E-state index is 11.2. The number of benzene rings is 1. The summed E-state index contributed by atoms with van der Waals surface area (Å²) < 4.78 is 0. The van der Waals surface area contributed by atoms with E-state index in [0.717, 1.165) is 12.1 Å². The van der Waals surface area contributed by atoms with Crippen molar-refractivity contribution in [2.75, 3.05) is 11.4 Å². The topological polar surface area (TPSA) is 20.3 Å². The van der Waals surface area contributed by atoms with Gasteiger partial charge in [-0.3, -0.25) is 4.79 Å². The smallest absolute Gasteiger partial charge is 0.134 e.